The first kappa shape index (κ1) is 14.1. The highest BCUT2D eigenvalue weighted by Crippen LogP contribution is 2.27. The molecule has 0 fully saturated rings. The van der Waals surface area contributed by atoms with Crippen LogP contribution in [0.2, 0.25) is 10.0 Å². The van der Waals surface area contributed by atoms with Gasteiger partial charge in [-0.1, -0.05) is 29.3 Å². The minimum atomic E-state index is -0.861. The second-order valence-corrected chi connectivity index (χ2v) is 4.98. The third-order valence-electron chi connectivity index (χ3n) is 2.75. The average Bonchev–Trinajstić information content (AvgIpc) is 2.37. The molecule has 0 aliphatic rings. The second-order valence-electron chi connectivity index (χ2n) is 4.17. The lowest BCUT2D eigenvalue weighted by molar-refractivity contribution is 0.506. The topological polar surface area (TPSA) is 12.0 Å². The highest BCUT2D eigenvalue weighted by atomic mass is 35.5. The van der Waals surface area contributed by atoms with Crippen LogP contribution in [-0.2, 0) is 0 Å². The summed E-state index contributed by atoms with van der Waals surface area (Å²) in [6.07, 6.45) is 0. The Hall–Kier alpha value is -1.32. The van der Waals surface area contributed by atoms with Crippen LogP contribution in [0.5, 0.6) is 0 Å². The Morgan fingerprint density at radius 2 is 1.68 bits per heavy atom. The Kier molecular flexibility index (Phi) is 4.27. The van der Waals surface area contributed by atoms with Gasteiger partial charge in [0.2, 0.25) is 0 Å². The van der Waals surface area contributed by atoms with Gasteiger partial charge in [0.05, 0.1) is 10.0 Å². The molecule has 1 atom stereocenters. The first-order chi connectivity index (χ1) is 8.97. The summed E-state index contributed by atoms with van der Waals surface area (Å²) in [4.78, 5) is 0. The van der Waals surface area contributed by atoms with Gasteiger partial charge in [0, 0.05) is 11.7 Å². The van der Waals surface area contributed by atoms with E-state index in [0.717, 1.165) is 11.8 Å². The van der Waals surface area contributed by atoms with Crippen molar-refractivity contribution in [2.75, 3.05) is 5.32 Å². The molecule has 1 unspecified atom stereocenters. The Morgan fingerprint density at radius 3 is 2.32 bits per heavy atom. The van der Waals surface area contributed by atoms with Gasteiger partial charge >= 0.3 is 0 Å². The predicted octanol–water partition coefficient (Wildman–Crippen LogP) is 5.44. The molecule has 0 spiro atoms. The molecule has 0 saturated heterocycles. The summed E-state index contributed by atoms with van der Waals surface area (Å²) in [5.41, 5.74) is 1.40. The van der Waals surface area contributed by atoms with E-state index in [-0.39, 0.29) is 6.04 Å². The van der Waals surface area contributed by atoms with Crippen molar-refractivity contribution in [3.63, 3.8) is 0 Å². The monoisotopic (exact) mass is 301 g/mol. The van der Waals surface area contributed by atoms with E-state index in [4.69, 9.17) is 23.2 Å². The highest BCUT2D eigenvalue weighted by Gasteiger charge is 2.09. The van der Waals surface area contributed by atoms with Crippen molar-refractivity contribution in [3.05, 3.63) is 63.6 Å². The first-order valence-corrected chi connectivity index (χ1v) is 6.39. The van der Waals surface area contributed by atoms with Crippen LogP contribution in [-0.4, -0.2) is 0 Å². The van der Waals surface area contributed by atoms with Gasteiger partial charge in [-0.3, -0.25) is 0 Å². The molecule has 0 amide bonds. The van der Waals surface area contributed by atoms with Crippen molar-refractivity contribution in [2.45, 2.75) is 13.0 Å². The minimum absolute atomic E-state index is 0.188. The van der Waals surface area contributed by atoms with Crippen LogP contribution in [0.3, 0.4) is 0 Å². The quantitative estimate of drug-likeness (QED) is 0.795. The van der Waals surface area contributed by atoms with Gasteiger partial charge in [-0.25, -0.2) is 8.78 Å². The van der Waals surface area contributed by atoms with Gasteiger partial charge in [-0.05, 0) is 42.8 Å². The molecule has 0 aliphatic carbocycles. The number of anilines is 1. The Balaban J connectivity index is 2.17. The number of nitrogens with one attached hydrogen (secondary N) is 1. The van der Waals surface area contributed by atoms with Crippen LogP contribution in [0.25, 0.3) is 0 Å². The molecule has 19 heavy (non-hydrogen) atoms. The molecule has 2 aromatic rings. The zero-order chi connectivity index (χ0) is 14.0. The zero-order valence-electron chi connectivity index (χ0n) is 10.1. The summed E-state index contributed by atoms with van der Waals surface area (Å²) in [6, 6.07) is 8.75. The van der Waals surface area contributed by atoms with Crippen molar-refractivity contribution < 1.29 is 8.78 Å². The largest absolute Gasteiger partial charge is 0.378 e. The molecule has 1 N–H and O–H groups in total. The van der Waals surface area contributed by atoms with E-state index in [1.807, 2.05) is 6.92 Å². The molecule has 0 radical (unpaired) electrons. The van der Waals surface area contributed by atoms with Crippen LogP contribution in [0.4, 0.5) is 14.5 Å². The molecular weight excluding hydrogens is 291 g/mol. The molecule has 0 heterocycles. The first-order valence-electron chi connectivity index (χ1n) is 5.64. The van der Waals surface area contributed by atoms with Crippen LogP contribution in [0.1, 0.15) is 18.5 Å². The van der Waals surface area contributed by atoms with E-state index in [1.54, 1.807) is 18.2 Å². The minimum Gasteiger partial charge on any atom is -0.378 e. The molecule has 0 aliphatic heterocycles. The third kappa shape index (κ3) is 3.37. The number of benzene rings is 2. The number of hydrogen-bond donors (Lipinski definition) is 1. The molecule has 0 bridgehead atoms. The molecule has 100 valence electrons. The predicted molar refractivity (Wildman–Crippen MR) is 74.9 cm³/mol. The van der Waals surface area contributed by atoms with Gasteiger partial charge in [-0.2, -0.15) is 0 Å². The van der Waals surface area contributed by atoms with E-state index in [9.17, 15) is 8.78 Å². The molecule has 0 saturated carbocycles. The molecule has 1 nitrogen and oxygen atoms in total. The molecule has 5 heteroatoms. The van der Waals surface area contributed by atoms with Crippen molar-refractivity contribution >= 4 is 28.9 Å². The van der Waals surface area contributed by atoms with Gasteiger partial charge in [0.1, 0.15) is 0 Å². The Morgan fingerprint density at radius 1 is 0.947 bits per heavy atom. The highest BCUT2D eigenvalue weighted by molar-refractivity contribution is 6.42. The standard InChI is InChI=1S/C14H11Cl2F2N/c1-8(9-2-5-13(17)14(18)6-9)19-10-3-4-11(15)12(16)7-10/h2-8,19H,1H3. The summed E-state index contributed by atoms with van der Waals surface area (Å²) in [5.74, 6) is -1.72. The molecule has 2 aromatic carbocycles. The van der Waals surface area contributed by atoms with Gasteiger partial charge in [-0.15, -0.1) is 0 Å². The maximum atomic E-state index is 13.2. The summed E-state index contributed by atoms with van der Waals surface area (Å²) < 4.78 is 26.0. The fraction of sp³-hybridized carbons (Fsp3) is 0.143. The average molecular weight is 302 g/mol. The van der Waals surface area contributed by atoms with Crippen molar-refractivity contribution in [1.82, 2.24) is 0 Å². The summed E-state index contributed by atoms with van der Waals surface area (Å²) in [6.45, 7) is 1.84. The van der Waals surface area contributed by atoms with Crippen LogP contribution in [0, 0.1) is 11.6 Å². The number of halogens is 4. The van der Waals surface area contributed by atoms with Crippen LogP contribution in [0.15, 0.2) is 36.4 Å². The summed E-state index contributed by atoms with van der Waals surface area (Å²) in [5, 5.41) is 4.04. The smallest absolute Gasteiger partial charge is 0.159 e. The zero-order valence-corrected chi connectivity index (χ0v) is 11.6. The Bertz CT molecular complexity index is 602. The van der Waals surface area contributed by atoms with Crippen molar-refractivity contribution in [2.24, 2.45) is 0 Å². The molecular formula is C14H11Cl2F2N. The van der Waals surface area contributed by atoms with Crippen LogP contribution < -0.4 is 5.32 Å². The van der Waals surface area contributed by atoms with E-state index >= 15 is 0 Å². The number of rotatable bonds is 3. The fourth-order valence-corrected chi connectivity index (χ4v) is 2.00. The Labute approximate surface area is 120 Å². The van der Waals surface area contributed by atoms with E-state index in [1.165, 1.54) is 12.1 Å². The van der Waals surface area contributed by atoms with Crippen molar-refractivity contribution in [3.8, 4) is 0 Å². The van der Waals surface area contributed by atoms with E-state index < -0.39 is 11.6 Å². The fourth-order valence-electron chi connectivity index (χ4n) is 1.70. The molecule has 2 rings (SSSR count). The lowest BCUT2D eigenvalue weighted by atomic mass is 10.1. The van der Waals surface area contributed by atoms with E-state index in [0.29, 0.717) is 15.6 Å². The van der Waals surface area contributed by atoms with Crippen molar-refractivity contribution in [1.29, 1.82) is 0 Å². The molecule has 0 aromatic heterocycles. The van der Waals surface area contributed by atoms with E-state index in [2.05, 4.69) is 5.32 Å². The van der Waals surface area contributed by atoms with Gasteiger partial charge < -0.3 is 5.32 Å². The normalized spacial score (nSPS) is 12.3. The lowest BCUT2D eigenvalue weighted by Gasteiger charge is -2.16. The third-order valence-corrected chi connectivity index (χ3v) is 3.49. The maximum Gasteiger partial charge on any atom is 0.159 e. The van der Waals surface area contributed by atoms with Gasteiger partial charge in [0.15, 0.2) is 11.6 Å². The van der Waals surface area contributed by atoms with Crippen LogP contribution >= 0.6 is 23.2 Å². The number of hydrogen-bond acceptors (Lipinski definition) is 1. The summed E-state index contributed by atoms with van der Waals surface area (Å²) in [7, 11) is 0. The maximum absolute atomic E-state index is 13.2. The lowest BCUT2D eigenvalue weighted by Crippen LogP contribution is -2.07. The van der Waals surface area contributed by atoms with Gasteiger partial charge in [0.25, 0.3) is 0 Å². The summed E-state index contributed by atoms with van der Waals surface area (Å²) >= 11 is 11.7. The SMILES string of the molecule is CC(Nc1ccc(Cl)c(Cl)c1)c1ccc(F)c(F)c1. The second kappa shape index (κ2) is 5.76.